The summed E-state index contributed by atoms with van der Waals surface area (Å²) in [6.07, 6.45) is 0. The van der Waals surface area contributed by atoms with Crippen molar-refractivity contribution in [1.29, 1.82) is 0 Å². The largest absolute Gasteiger partial charge is 0.392 e. The number of amides is 1. The number of halogens is 3. The van der Waals surface area contributed by atoms with Crippen LogP contribution in [0.1, 0.15) is 21.5 Å². The van der Waals surface area contributed by atoms with Crippen molar-refractivity contribution in [2.45, 2.75) is 13.2 Å². The Bertz CT molecular complexity index is 1250. The van der Waals surface area contributed by atoms with Gasteiger partial charge in [-0.3, -0.25) is 4.79 Å². The van der Waals surface area contributed by atoms with Crippen LogP contribution in [-0.4, -0.2) is 15.6 Å². The van der Waals surface area contributed by atoms with Crippen molar-refractivity contribution in [3.8, 4) is 0 Å². The quantitative estimate of drug-likeness (QED) is 0.525. The Morgan fingerprint density at radius 2 is 1.79 bits per heavy atom. The molecule has 4 aromatic rings. The lowest BCUT2D eigenvalue weighted by Crippen LogP contribution is -2.11. The fourth-order valence-electron chi connectivity index (χ4n) is 3.52. The number of rotatable bonds is 4. The molecule has 142 valence electrons. The summed E-state index contributed by atoms with van der Waals surface area (Å²) < 4.78 is 42.9. The first kappa shape index (κ1) is 18.1. The molecule has 0 bridgehead atoms. The number of carbonyl (C=O) groups is 1. The van der Waals surface area contributed by atoms with Gasteiger partial charge in [-0.15, -0.1) is 0 Å². The molecule has 1 aromatic heterocycles. The third kappa shape index (κ3) is 2.71. The van der Waals surface area contributed by atoms with Gasteiger partial charge in [0.1, 0.15) is 0 Å². The number of carbonyl (C=O) groups excluding carboxylic acids is 1. The molecule has 1 heterocycles. The first-order valence-electron chi connectivity index (χ1n) is 8.49. The normalized spacial score (nSPS) is 11.4. The Kier molecular flexibility index (Phi) is 4.31. The topological polar surface area (TPSA) is 68.2 Å². The minimum Gasteiger partial charge on any atom is -0.392 e. The lowest BCUT2D eigenvalue weighted by atomic mass is 10.0. The van der Waals surface area contributed by atoms with E-state index in [0.29, 0.717) is 32.9 Å². The van der Waals surface area contributed by atoms with Crippen molar-refractivity contribution in [3.63, 3.8) is 0 Å². The zero-order chi connectivity index (χ0) is 20.0. The highest BCUT2D eigenvalue weighted by molar-refractivity contribution is 6.17. The zero-order valence-electron chi connectivity index (χ0n) is 14.5. The van der Waals surface area contributed by atoms with Crippen molar-refractivity contribution >= 4 is 27.7 Å². The number of nitrogens with two attached hydrogens (primary N) is 1. The third-order valence-electron chi connectivity index (χ3n) is 4.85. The van der Waals surface area contributed by atoms with Gasteiger partial charge in [-0.05, 0) is 29.8 Å². The lowest BCUT2D eigenvalue weighted by molar-refractivity contribution is 0.100. The monoisotopic (exact) mass is 384 g/mol. The van der Waals surface area contributed by atoms with Crippen LogP contribution in [0.15, 0.2) is 48.5 Å². The smallest absolute Gasteiger partial charge is 0.249 e. The maximum Gasteiger partial charge on any atom is 0.249 e. The number of aromatic nitrogens is 1. The average molecular weight is 384 g/mol. The van der Waals surface area contributed by atoms with Crippen molar-refractivity contribution < 1.29 is 23.1 Å². The fourth-order valence-corrected chi connectivity index (χ4v) is 3.52. The van der Waals surface area contributed by atoms with E-state index in [-0.39, 0.29) is 18.7 Å². The molecule has 0 atom stereocenters. The summed E-state index contributed by atoms with van der Waals surface area (Å²) in [6.45, 7) is -0.306. The Morgan fingerprint density at radius 3 is 2.50 bits per heavy atom. The van der Waals surface area contributed by atoms with Gasteiger partial charge in [-0.1, -0.05) is 24.3 Å². The number of aliphatic hydroxyl groups is 1. The second-order valence-corrected chi connectivity index (χ2v) is 6.49. The van der Waals surface area contributed by atoms with Crippen LogP contribution in [0.25, 0.3) is 21.8 Å². The van der Waals surface area contributed by atoms with Gasteiger partial charge in [-0.25, -0.2) is 13.2 Å². The van der Waals surface area contributed by atoms with Gasteiger partial charge in [0.05, 0.1) is 18.7 Å². The van der Waals surface area contributed by atoms with E-state index in [4.69, 9.17) is 5.73 Å². The van der Waals surface area contributed by atoms with Crippen LogP contribution in [0.4, 0.5) is 13.2 Å². The molecule has 3 N–H and O–H groups in total. The van der Waals surface area contributed by atoms with Crippen LogP contribution in [0.3, 0.4) is 0 Å². The predicted octanol–water partition coefficient (Wildman–Crippen LogP) is 3.85. The van der Waals surface area contributed by atoms with E-state index >= 15 is 0 Å². The Labute approximate surface area is 157 Å². The van der Waals surface area contributed by atoms with Crippen LogP contribution in [0.2, 0.25) is 0 Å². The average Bonchev–Trinajstić information content (AvgIpc) is 3.01. The molecule has 0 spiro atoms. The summed E-state index contributed by atoms with van der Waals surface area (Å²) in [7, 11) is 0. The van der Waals surface area contributed by atoms with Crippen LogP contribution < -0.4 is 5.73 Å². The summed E-state index contributed by atoms with van der Waals surface area (Å²) in [4.78, 5) is 11.9. The molecule has 0 saturated carbocycles. The molecule has 0 aliphatic rings. The van der Waals surface area contributed by atoms with Gasteiger partial charge < -0.3 is 15.4 Å². The summed E-state index contributed by atoms with van der Waals surface area (Å²) in [5.74, 6) is -4.68. The number of hydrogen-bond acceptors (Lipinski definition) is 2. The molecule has 0 fully saturated rings. The zero-order valence-corrected chi connectivity index (χ0v) is 14.5. The van der Waals surface area contributed by atoms with E-state index in [1.165, 1.54) is 6.07 Å². The van der Waals surface area contributed by atoms with Crippen LogP contribution in [0, 0.1) is 17.5 Å². The molecule has 0 aliphatic carbocycles. The number of benzene rings is 3. The highest BCUT2D eigenvalue weighted by Crippen LogP contribution is 2.33. The molecular formula is C21H15F3N2O2. The third-order valence-corrected chi connectivity index (χ3v) is 4.85. The number of aliphatic hydroxyl groups excluding tert-OH is 1. The second kappa shape index (κ2) is 6.69. The van der Waals surface area contributed by atoms with E-state index < -0.39 is 23.4 Å². The van der Waals surface area contributed by atoms with Gasteiger partial charge in [0.25, 0.3) is 0 Å². The number of nitrogens with zero attached hydrogens (tertiary/aromatic N) is 1. The second-order valence-electron chi connectivity index (χ2n) is 6.49. The Hall–Kier alpha value is -3.32. The van der Waals surface area contributed by atoms with Gasteiger partial charge in [-0.2, -0.15) is 0 Å². The summed E-state index contributed by atoms with van der Waals surface area (Å²) >= 11 is 0. The number of fused-ring (bicyclic) bond motifs is 3. The minimum absolute atomic E-state index is 0.0448. The van der Waals surface area contributed by atoms with E-state index in [0.717, 1.165) is 6.07 Å². The van der Waals surface area contributed by atoms with E-state index in [1.54, 1.807) is 41.0 Å². The maximum absolute atomic E-state index is 14.3. The van der Waals surface area contributed by atoms with Gasteiger partial charge >= 0.3 is 0 Å². The van der Waals surface area contributed by atoms with Crippen molar-refractivity contribution in [2.24, 2.45) is 5.73 Å². The van der Waals surface area contributed by atoms with E-state index in [2.05, 4.69) is 0 Å². The number of primary amides is 1. The SMILES string of the molecule is NC(=O)c1cccc2c1c1ccc(CO)cc1n2Cc1ccc(F)c(F)c1F. The molecule has 1 amide bonds. The number of hydrogen-bond donors (Lipinski definition) is 2. The van der Waals surface area contributed by atoms with Crippen LogP contribution in [0.5, 0.6) is 0 Å². The maximum atomic E-state index is 14.3. The first-order valence-corrected chi connectivity index (χ1v) is 8.49. The molecule has 3 aromatic carbocycles. The fraction of sp³-hybridized carbons (Fsp3) is 0.0952. The summed E-state index contributed by atoms with van der Waals surface area (Å²) in [5, 5.41) is 10.7. The molecule has 0 radical (unpaired) electrons. The lowest BCUT2D eigenvalue weighted by Gasteiger charge is -2.10. The summed E-state index contributed by atoms with van der Waals surface area (Å²) in [5.41, 5.74) is 7.57. The molecule has 28 heavy (non-hydrogen) atoms. The highest BCUT2D eigenvalue weighted by Gasteiger charge is 2.19. The first-order chi connectivity index (χ1) is 13.4. The minimum atomic E-state index is -1.54. The molecule has 7 heteroatoms. The summed E-state index contributed by atoms with van der Waals surface area (Å²) in [6, 6.07) is 12.2. The molecule has 0 aliphatic heterocycles. The standard InChI is InChI=1S/C21H15F3N2O2/c22-15-7-5-12(19(23)20(15)24)9-26-16-3-1-2-14(21(25)28)18(16)13-6-4-11(10-27)8-17(13)26/h1-8,27H,9-10H2,(H2,25,28). The van der Waals surface area contributed by atoms with Crippen molar-refractivity contribution in [2.75, 3.05) is 0 Å². The molecule has 4 rings (SSSR count). The highest BCUT2D eigenvalue weighted by atomic mass is 19.2. The van der Waals surface area contributed by atoms with Crippen LogP contribution in [-0.2, 0) is 13.2 Å². The van der Waals surface area contributed by atoms with E-state index in [9.17, 15) is 23.1 Å². The predicted molar refractivity (Wildman–Crippen MR) is 99.3 cm³/mol. The molecule has 4 nitrogen and oxygen atoms in total. The van der Waals surface area contributed by atoms with Gasteiger partial charge in [0, 0.05) is 27.4 Å². The van der Waals surface area contributed by atoms with Crippen LogP contribution >= 0.6 is 0 Å². The Balaban J connectivity index is 2.05. The van der Waals surface area contributed by atoms with E-state index in [1.807, 2.05) is 0 Å². The van der Waals surface area contributed by atoms with Gasteiger partial charge in [0.15, 0.2) is 17.5 Å². The van der Waals surface area contributed by atoms with Crippen molar-refractivity contribution in [1.82, 2.24) is 4.57 Å². The molecular weight excluding hydrogens is 369 g/mol. The molecule has 0 unspecified atom stereocenters. The molecule has 0 saturated heterocycles. The van der Waals surface area contributed by atoms with Gasteiger partial charge in [0.2, 0.25) is 5.91 Å². The van der Waals surface area contributed by atoms with Crippen molar-refractivity contribution in [3.05, 3.63) is 82.7 Å². The Morgan fingerprint density at radius 1 is 1.00 bits per heavy atom.